The van der Waals surface area contributed by atoms with Gasteiger partial charge in [0, 0.05) is 6.20 Å². The summed E-state index contributed by atoms with van der Waals surface area (Å²) in [5.41, 5.74) is 4.93. The van der Waals surface area contributed by atoms with E-state index in [2.05, 4.69) is 4.98 Å². The van der Waals surface area contributed by atoms with Gasteiger partial charge in [-0.2, -0.15) is 0 Å². The monoisotopic (exact) mass is 212 g/mol. The Morgan fingerprint density at radius 1 is 1.29 bits per heavy atom. The second-order valence-corrected chi connectivity index (χ2v) is 5.07. The van der Waals surface area contributed by atoms with Gasteiger partial charge in [-0.15, -0.1) is 0 Å². The van der Waals surface area contributed by atoms with Gasteiger partial charge < -0.3 is 10.8 Å². The third-order valence-corrected chi connectivity index (χ3v) is 3.93. The molecule has 0 unspecified atom stereocenters. The summed E-state index contributed by atoms with van der Waals surface area (Å²) in [7, 11) is 0. The molecule has 0 spiro atoms. The molecular formula is C10H16N2OS. The average molecular weight is 212 g/mol. The van der Waals surface area contributed by atoms with Gasteiger partial charge in [0.2, 0.25) is 0 Å². The molecule has 4 heteroatoms. The zero-order valence-electron chi connectivity index (χ0n) is 8.20. The third kappa shape index (κ3) is 1.91. The molecule has 1 aromatic rings. The number of nitrogen functional groups attached to an aromatic ring is 1. The molecule has 1 aromatic heterocycles. The number of hydrogen-bond acceptors (Lipinski definition) is 4. The predicted molar refractivity (Wildman–Crippen MR) is 58.1 cm³/mol. The highest BCUT2D eigenvalue weighted by atomic mass is 32.1. The smallest absolute Gasteiger partial charge is 0.180 e. The van der Waals surface area contributed by atoms with Crippen molar-refractivity contribution in [3.8, 4) is 0 Å². The number of anilines is 1. The Bertz CT molecular complexity index is 303. The molecule has 3 nitrogen and oxygen atoms in total. The van der Waals surface area contributed by atoms with Crippen molar-refractivity contribution in [1.29, 1.82) is 0 Å². The van der Waals surface area contributed by atoms with Gasteiger partial charge in [-0.3, -0.25) is 0 Å². The Kier molecular flexibility index (Phi) is 2.74. The molecule has 0 bridgehead atoms. The number of thiazole rings is 1. The van der Waals surface area contributed by atoms with E-state index in [4.69, 9.17) is 5.73 Å². The molecule has 1 aliphatic carbocycles. The van der Waals surface area contributed by atoms with Crippen LogP contribution in [0.3, 0.4) is 0 Å². The maximum Gasteiger partial charge on any atom is 0.180 e. The minimum absolute atomic E-state index is 0.553. The van der Waals surface area contributed by atoms with Crippen molar-refractivity contribution in [1.82, 2.24) is 4.98 Å². The van der Waals surface area contributed by atoms with Crippen molar-refractivity contribution < 1.29 is 5.11 Å². The molecule has 0 aliphatic heterocycles. The molecule has 78 valence electrons. The largest absolute Gasteiger partial charge is 0.384 e. The van der Waals surface area contributed by atoms with Crippen molar-refractivity contribution in [3.05, 3.63) is 11.1 Å². The van der Waals surface area contributed by atoms with E-state index in [-0.39, 0.29) is 0 Å². The van der Waals surface area contributed by atoms with Crippen molar-refractivity contribution in [2.75, 3.05) is 5.73 Å². The van der Waals surface area contributed by atoms with Gasteiger partial charge in [0.25, 0.3) is 0 Å². The first-order chi connectivity index (χ1) is 6.71. The number of aromatic nitrogens is 1. The van der Waals surface area contributed by atoms with Crippen LogP contribution in [0.4, 0.5) is 5.13 Å². The van der Waals surface area contributed by atoms with Crippen LogP contribution < -0.4 is 5.73 Å². The van der Waals surface area contributed by atoms with E-state index < -0.39 is 5.60 Å². The molecule has 14 heavy (non-hydrogen) atoms. The topological polar surface area (TPSA) is 59.1 Å². The predicted octanol–water partition coefficient (Wildman–Crippen LogP) is 2.27. The first-order valence-electron chi connectivity index (χ1n) is 5.15. The number of rotatable bonds is 1. The molecule has 0 radical (unpaired) electrons. The lowest BCUT2D eigenvalue weighted by molar-refractivity contribution is 0.0242. The van der Waals surface area contributed by atoms with Crippen LogP contribution in [0.5, 0.6) is 0 Å². The molecule has 1 aliphatic rings. The highest BCUT2D eigenvalue weighted by Gasteiger charge is 2.31. The summed E-state index contributed by atoms with van der Waals surface area (Å²) in [6.07, 6.45) is 8.12. The summed E-state index contributed by atoms with van der Waals surface area (Å²) in [4.78, 5) is 4.95. The van der Waals surface area contributed by atoms with Crippen LogP contribution in [0, 0.1) is 0 Å². The number of nitrogens with two attached hydrogens (primary N) is 1. The summed E-state index contributed by atoms with van der Waals surface area (Å²) in [5, 5.41) is 11.0. The average Bonchev–Trinajstić information content (AvgIpc) is 2.47. The van der Waals surface area contributed by atoms with Gasteiger partial charge in [-0.05, 0) is 12.8 Å². The quantitative estimate of drug-likeness (QED) is 0.702. The maximum atomic E-state index is 10.5. The van der Waals surface area contributed by atoms with E-state index in [0.717, 1.165) is 30.6 Å². The molecule has 2 rings (SSSR count). The van der Waals surface area contributed by atoms with Gasteiger partial charge >= 0.3 is 0 Å². The maximum absolute atomic E-state index is 10.5. The zero-order chi connectivity index (χ0) is 10.0. The fourth-order valence-corrected chi connectivity index (χ4v) is 2.89. The molecule has 0 atom stereocenters. The lowest BCUT2D eigenvalue weighted by Gasteiger charge is -2.24. The number of hydrogen-bond donors (Lipinski definition) is 2. The van der Waals surface area contributed by atoms with Crippen molar-refractivity contribution in [2.24, 2.45) is 0 Å². The van der Waals surface area contributed by atoms with Crippen molar-refractivity contribution in [2.45, 2.75) is 44.1 Å². The SMILES string of the molecule is Nc1ncc(C2(O)CCCCCC2)s1. The summed E-state index contributed by atoms with van der Waals surface area (Å²) in [6, 6.07) is 0. The molecule has 1 heterocycles. The van der Waals surface area contributed by atoms with E-state index in [0.29, 0.717) is 5.13 Å². The van der Waals surface area contributed by atoms with Crippen LogP contribution in [0.2, 0.25) is 0 Å². The minimum Gasteiger partial charge on any atom is -0.384 e. The summed E-state index contributed by atoms with van der Waals surface area (Å²) < 4.78 is 0. The Labute approximate surface area is 88.0 Å². The first-order valence-corrected chi connectivity index (χ1v) is 5.96. The molecule has 3 N–H and O–H groups in total. The van der Waals surface area contributed by atoms with E-state index in [9.17, 15) is 5.11 Å². The van der Waals surface area contributed by atoms with Gasteiger partial charge in [-0.25, -0.2) is 4.98 Å². The molecular weight excluding hydrogens is 196 g/mol. The first kappa shape index (κ1) is 9.93. The van der Waals surface area contributed by atoms with E-state index in [1.165, 1.54) is 24.2 Å². The van der Waals surface area contributed by atoms with Gasteiger partial charge in [0.1, 0.15) is 5.60 Å². The highest BCUT2D eigenvalue weighted by Crippen LogP contribution is 2.38. The Balaban J connectivity index is 2.20. The van der Waals surface area contributed by atoms with Crippen molar-refractivity contribution >= 4 is 16.5 Å². The minimum atomic E-state index is -0.647. The lowest BCUT2D eigenvalue weighted by Crippen LogP contribution is -2.23. The molecule has 1 fully saturated rings. The van der Waals surface area contributed by atoms with Crippen LogP contribution in [0.1, 0.15) is 43.4 Å². The van der Waals surface area contributed by atoms with Crippen LogP contribution in [-0.4, -0.2) is 10.1 Å². The van der Waals surface area contributed by atoms with E-state index in [1.54, 1.807) is 6.20 Å². The third-order valence-electron chi connectivity index (χ3n) is 2.91. The number of nitrogens with zero attached hydrogens (tertiary/aromatic N) is 1. The summed E-state index contributed by atoms with van der Waals surface area (Å²) in [6.45, 7) is 0. The van der Waals surface area contributed by atoms with Crippen LogP contribution in [-0.2, 0) is 5.60 Å². The van der Waals surface area contributed by atoms with E-state index in [1.807, 2.05) is 0 Å². The zero-order valence-corrected chi connectivity index (χ0v) is 9.02. The van der Waals surface area contributed by atoms with Gasteiger partial charge in [0.05, 0.1) is 4.88 Å². The second kappa shape index (κ2) is 3.87. The highest BCUT2D eigenvalue weighted by molar-refractivity contribution is 7.15. The van der Waals surface area contributed by atoms with Crippen LogP contribution >= 0.6 is 11.3 Å². The Morgan fingerprint density at radius 2 is 1.93 bits per heavy atom. The van der Waals surface area contributed by atoms with Crippen LogP contribution in [0.25, 0.3) is 0 Å². The van der Waals surface area contributed by atoms with E-state index >= 15 is 0 Å². The van der Waals surface area contributed by atoms with Crippen molar-refractivity contribution in [3.63, 3.8) is 0 Å². The molecule has 0 saturated heterocycles. The fraction of sp³-hybridized carbons (Fsp3) is 0.700. The lowest BCUT2D eigenvalue weighted by atomic mass is 9.93. The van der Waals surface area contributed by atoms with Gasteiger partial charge in [-0.1, -0.05) is 37.0 Å². The standard InChI is InChI=1S/C10H16N2OS/c11-9-12-7-8(14-9)10(13)5-3-1-2-4-6-10/h7,13H,1-6H2,(H2,11,12). The Morgan fingerprint density at radius 3 is 2.43 bits per heavy atom. The summed E-state index contributed by atoms with van der Waals surface area (Å²) in [5.74, 6) is 0. The van der Waals surface area contributed by atoms with Crippen LogP contribution in [0.15, 0.2) is 6.20 Å². The molecule has 0 aromatic carbocycles. The number of aliphatic hydroxyl groups is 1. The molecule has 1 saturated carbocycles. The fourth-order valence-electron chi connectivity index (χ4n) is 2.06. The Hall–Kier alpha value is -0.610. The normalized spacial score (nSPS) is 21.8. The molecule has 0 amide bonds. The second-order valence-electron chi connectivity index (χ2n) is 4.01. The summed E-state index contributed by atoms with van der Waals surface area (Å²) >= 11 is 1.42. The van der Waals surface area contributed by atoms with Gasteiger partial charge in [0.15, 0.2) is 5.13 Å².